The van der Waals surface area contributed by atoms with Gasteiger partial charge in [-0.2, -0.15) is 0 Å². The number of hydrogen-bond donors (Lipinski definition) is 2. The number of rotatable bonds is 3. The van der Waals surface area contributed by atoms with Crippen molar-refractivity contribution in [3.8, 4) is 0 Å². The highest BCUT2D eigenvalue weighted by molar-refractivity contribution is 6.42. The molecule has 2 heterocycles. The third-order valence-electron chi connectivity index (χ3n) is 3.84. The van der Waals surface area contributed by atoms with Crippen molar-refractivity contribution in [2.24, 2.45) is 0 Å². The van der Waals surface area contributed by atoms with Crippen LogP contribution < -0.4 is 5.56 Å². The lowest BCUT2D eigenvalue weighted by atomic mass is 10.1. The number of carboxylic acid groups (broad SMARTS) is 1. The number of aromatic nitrogens is 3. The molecular formula is C16H13Cl2N3O3. The topological polar surface area (TPSA) is 87.5 Å². The first-order chi connectivity index (χ1) is 11.3. The Morgan fingerprint density at radius 1 is 1.29 bits per heavy atom. The summed E-state index contributed by atoms with van der Waals surface area (Å²) in [5.74, 6) is -1.13. The zero-order valence-electron chi connectivity index (χ0n) is 12.9. The predicted octanol–water partition coefficient (Wildman–Crippen LogP) is 3.24. The molecular weight excluding hydrogens is 353 g/mol. The van der Waals surface area contributed by atoms with E-state index in [0.29, 0.717) is 33.4 Å². The Labute approximate surface area is 146 Å². The maximum absolute atomic E-state index is 12.7. The highest BCUT2D eigenvalue weighted by Crippen LogP contribution is 2.24. The van der Waals surface area contributed by atoms with E-state index in [0.717, 1.165) is 5.56 Å². The van der Waals surface area contributed by atoms with Crippen LogP contribution in [0, 0.1) is 13.8 Å². The van der Waals surface area contributed by atoms with Crippen LogP contribution in [0.1, 0.15) is 32.9 Å². The van der Waals surface area contributed by atoms with Crippen molar-refractivity contribution in [2.45, 2.75) is 20.3 Å². The molecule has 0 amide bonds. The smallest absolute Gasteiger partial charge is 0.341 e. The van der Waals surface area contributed by atoms with Gasteiger partial charge in [0.05, 0.1) is 10.0 Å². The molecule has 3 aromatic rings. The van der Waals surface area contributed by atoms with E-state index in [1.165, 1.54) is 4.52 Å². The van der Waals surface area contributed by atoms with E-state index >= 15 is 0 Å². The fraction of sp³-hybridized carbons (Fsp3) is 0.188. The van der Waals surface area contributed by atoms with Gasteiger partial charge >= 0.3 is 5.97 Å². The molecule has 0 saturated carbocycles. The van der Waals surface area contributed by atoms with E-state index in [4.69, 9.17) is 23.2 Å². The molecule has 0 radical (unpaired) electrons. The summed E-state index contributed by atoms with van der Waals surface area (Å²) in [6.07, 6.45) is 0.317. The van der Waals surface area contributed by atoms with Crippen molar-refractivity contribution < 1.29 is 9.90 Å². The number of H-pyrrole nitrogens is 1. The SMILES string of the molecule is Cc1nc2c(C(=O)O)c(C)[nH]n2c(=O)c1Cc1ccc(Cl)c(Cl)c1. The highest BCUT2D eigenvalue weighted by atomic mass is 35.5. The van der Waals surface area contributed by atoms with Crippen LogP contribution >= 0.6 is 23.2 Å². The van der Waals surface area contributed by atoms with Gasteiger partial charge < -0.3 is 5.11 Å². The molecule has 6 nitrogen and oxygen atoms in total. The summed E-state index contributed by atoms with van der Waals surface area (Å²) in [6.45, 7) is 3.27. The summed E-state index contributed by atoms with van der Waals surface area (Å²) < 4.78 is 1.17. The fourth-order valence-electron chi connectivity index (χ4n) is 2.64. The third kappa shape index (κ3) is 2.68. The molecule has 1 aromatic carbocycles. The maximum atomic E-state index is 12.7. The number of carboxylic acids is 1. The molecule has 0 bridgehead atoms. The van der Waals surface area contributed by atoms with E-state index in [1.807, 2.05) is 0 Å². The standard InChI is InChI=1S/C16H13Cl2N3O3/c1-7-10(5-9-3-4-11(17)12(18)6-9)15(22)21-14(19-7)13(16(23)24)8(2)20-21/h3-4,6,20H,5H2,1-2H3,(H,23,24). The first-order valence-corrected chi connectivity index (χ1v) is 7.83. The Hall–Kier alpha value is -2.31. The van der Waals surface area contributed by atoms with Crippen LogP contribution in [0.15, 0.2) is 23.0 Å². The molecule has 24 heavy (non-hydrogen) atoms. The molecule has 0 aliphatic heterocycles. The van der Waals surface area contributed by atoms with Gasteiger partial charge in [-0.1, -0.05) is 29.3 Å². The zero-order valence-corrected chi connectivity index (χ0v) is 14.4. The molecule has 0 saturated heterocycles. The van der Waals surface area contributed by atoms with Gasteiger partial charge in [-0.05, 0) is 31.5 Å². The van der Waals surface area contributed by atoms with Crippen molar-refractivity contribution in [2.75, 3.05) is 0 Å². The van der Waals surface area contributed by atoms with Gasteiger partial charge in [0.25, 0.3) is 5.56 Å². The first kappa shape index (κ1) is 16.5. The molecule has 0 unspecified atom stereocenters. The second-order valence-electron chi connectivity index (χ2n) is 5.48. The normalized spacial score (nSPS) is 11.2. The Morgan fingerprint density at radius 2 is 2.00 bits per heavy atom. The number of halogens is 2. The van der Waals surface area contributed by atoms with Crippen LogP contribution in [0.4, 0.5) is 0 Å². The van der Waals surface area contributed by atoms with Crippen LogP contribution in [-0.4, -0.2) is 25.7 Å². The molecule has 0 aliphatic carbocycles. The predicted molar refractivity (Wildman–Crippen MR) is 91.5 cm³/mol. The minimum atomic E-state index is -1.13. The van der Waals surface area contributed by atoms with Crippen molar-refractivity contribution >= 4 is 34.8 Å². The van der Waals surface area contributed by atoms with Gasteiger partial charge in [0.15, 0.2) is 5.65 Å². The average Bonchev–Trinajstić information content (AvgIpc) is 2.83. The van der Waals surface area contributed by atoms with Crippen LogP contribution in [-0.2, 0) is 6.42 Å². The Balaban J connectivity index is 2.17. The summed E-state index contributed by atoms with van der Waals surface area (Å²) in [7, 11) is 0. The average molecular weight is 366 g/mol. The Kier molecular flexibility index (Phi) is 4.11. The van der Waals surface area contributed by atoms with E-state index in [2.05, 4.69) is 10.1 Å². The van der Waals surface area contributed by atoms with Crippen molar-refractivity contribution in [3.63, 3.8) is 0 Å². The maximum Gasteiger partial charge on any atom is 0.341 e. The molecule has 0 atom stereocenters. The minimum absolute atomic E-state index is 0.00344. The van der Waals surface area contributed by atoms with E-state index < -0.39 is 5.97 Å². The monoisotopic (exact) mass is 365 g/mol. The quantitative estimate of drug-likeness (QED) is 0.745. The molecule has 0 spiro atoms. The highest BCUT2D eigenvalue weighted by Gasteiger charge is 2.20. The Bertz CT molecular complexity index is 1040. The largest absolute Gasteiger partial charge is 0.477 e. The molecule has 2 aromatic heterocycles. The van der Waals surface area contributed by atoms with Crippen molar-refractivity contribution in [1.29, 1.82) is 0 Å². The molecule has 0 fully saturated rings. The van der Waals surface area contributed by atoms with E-state index in [-0.39, 0.29) is 16.8 Å². The van der Waals surface area contributed by atoms with Crippen LogP contribution in [0.5, 0.6) is 0 Å². The molecule has 0 aliphatic rings. The lowest BCUT2D eigenvalue weighted by Crippen LogP contribution is -2.22. The zero-order chi connectivity index (χ0) is 17.6. The number of nitrogens with zero attached hydrogens (tertiary/aromatic N) is 2. The summed E-state index contributed by atoms with van der Waals surface area (Å²) in [4.78, 5) is 28.4. The molecule has 2 N–H and O–H groups in total. The van der Waals surface area contributed by atoms with Crippen molar-refractivity contribution in [1.82, 2.24) is 14.6 Å². The lowest BCUT2D eigenvalue weighted by Gasteiger charge is -2.07. The number of hydrogen-bond acceptors (Lipinski definition) is 3. The van der Waals surface area contributed by atoms with Crippen LogP contribution in [0.2, 0.25) is 10.0 Å². The summed E-state index contributed by atoms with van der Waals surface area (Å²) in [5, 5.41) is 12.9. The molecule has 3 rings (SSSR count). The molecule has 124 valence electrons. The van der Waals surface area contributed by atoms with Gasteiger partial charge in [-0.3, -0.25) is 9.89 Å². The molecule has 8 heteroatoms. The second-order valence-corrected chi connectivity index (χ2v) is 6.30. The Morgan fingerprint density at radius 3 is 2.62 bits per heavy atom. The lowest BCUT2D eigenvalue weighted by molar-refractivity contribution is 0.0698. The second kappa shape index (κ2) is 5.96. The van der Waals surface area contributed by atoms with Gasteiger partial charge in [0.2, 0.25) is 0 Å². The van der Waals surface area contributed by atoms with E-state index in [9.17, 15) is 14.7 Å². The van der Waals surface area contributed by atoms with Gasteiger partial charge in [0.1, 0.15) is 5.56 Å². The number of aromatic amines is 1. The number of benzene rings is 1. The summed E-state index contributed by atoms with van der Waals surface area (Å²) in [5.41, 5.74) is 1.90. The number of fused-ring (bicyclic) bond motifs is 1. The third-order valence-corrected chi connectivity index (χ3v) is 4.58. The van der Waals surface area contributed by atoms with E-state index in [1.54, 1.807) is 32.0 Å². The minimum Gasteiger partial charge on any atom is -0.477 e. The van der Waals surface area contributed by atoms with Crippen LogP contribution in [0.25, 0.3) is 5.65 Å². The number of aryl methyl sites for hydroxylation is 2. The van der Waals surface area contributed by atoms with Gasteiger partial charge in [-0.15, -0.1) is 0 Å². The first-order valence-electron chi connectivity index (χ1n) is 7.07. The number of aromatic carboxylic acids is 1. The van der Waals surface area contributed by atoms with Crippen molar-refractivity contribution in [3.05, 3.63) is 66.7 Å². The number of carbonyl (C=O) groups is 1. The fourth-order valence-corrected chi connectivity index (χ4v) is 2.96. The summed E-state index contributed by atoms with van der Waals surface area (Å²) in [6, 6.07) is 5.14. The summed E-state index contributed by atoms with van der Waals surface area (Å²) >= 11 is 11.9. The van der Waals surface area contributed by atoms with Gasteiger partial charge in [0, 0.05) is 23.4 Å². The number of nitrogens with one attached hydrogen (secondary N) is 1. The van der Waals surface area contributed by atoms with Gasteiger partial charge in [-0.25, -0.2) is 14.3 Å². The van der Waals surface area contributed by atoms with Crippen LogP contribution in [0.3, 0.4) is 0 Å².